The Morgan fingerprint density at radius 1 is 1.32 bits per heavy atom. The molecule has 0 saturated heterocycles. The Labute approximate surface area is 113 Å². The number of ether oxygens (including phenoxy) is 1. The minimum atomic E-state index is 0.0673. The second kappa shape index (κ2) is 5.11. The van der Waals surface area contributed by atoms with Crippen molar-refractivity contribution in [1.29, 1.82) is 0 Å². The summed E-state index contributed by atoms with van der Waals surface area (Å²) < 4.78 is 5.77. The second-order valence-corrected chi connectivity index (χ2v) is 5.53. The lowest BCUT2D eigenvalue weighted by Crippen LogP contribution is -2.19. The molecule has 4 heteroatoms. The Morgan fingerprint density at radius 2 is 2.16 bits per heavy atom. The number of anilines is 2. The minimum Gasteiger partial charge on any atom is -0.491 e. The smallest absolute Gasteiger partial charge is 0.224 e. The molecule has 102 valence electrons. The molecule has 1 saturated carbocycles. The van der Waals surface area contributed by atoms with Crippen molar-refractivity contribution >= 4 is 17.3 Å². The quantitative estimate of drug-likeness (QED) is 0.818. The molecule has 1 aliphatic carbocycles. The fourth-order valence-corrected chi connectivity index (χ4v) is 2.67. The van der Waals surface area contributed by atoms with Crippen LogP contribution in [0.1, 0.15) is 37.7 Å². The van der Waals surface area contributed by atoms with Gasteiger partial charge in [-0.2, -0.15) is 0 Å². The van der Waals surface area contributed by atoms with Crippen LogP contribution in [0, 0.1) is 5.92 Å². The van der Waals surface area contributed by atoms with Gasteiger partial charge in [-0.1, -0.05) is 19.3 Å². The van der Waals surface area contributed by atoms with Gasteiger partial charge in [0.25, 0.3) is 0 Å². The molecule has 1 fully saturated rings. The van der Waals surface area contributed by atoms with Crippen molar-refractivity contribution in [2.45, 2.75) is 38.5 Å². The normalized spacial score (nSPS) is 18.4. The molecule has 4 nitrogen and oxygen atoms in total. The Bertz CT molecular complexity index is 495. The zero-order chi connectivity index (χ0) is 13.2. The molecule has 0 spiro atoms. The Balaban J connectivity index is 1.66. The molecular weight excluding hydrogens is 240 g/mol. The number of hydrogen-bond acceptors (Lipinski definition) is 3. The zero-order valence-corrected chi connectivity index (χ0v) is 11.1. The van der Waals surface area contributed by atoms with Crippen molar-refractivity contribution in [3.63, 3.8) is 0 Å². The first-order valence-corrected chi connectivity index (χ1v) is 7.07. The van der Waals surface area contributed by atoms with E-state index in [0.29, 0.717) is 24.5 Å². The highest BCUT2D eigenvalue weighted by Crippen LogP contribution is 2.34. The molecule has 0 radical (unpaired) electrons. The van der Waals surface area contributed by atoms with Gasteiger partial charge >= 0.3 is 0 Å². The van der Waals surface area contributed by atoms with Gasteiger partial charge in [0.15, 0.2) is 0 Å². The van der Waals surface area contributed by atoms with Crippen molar-refractivity contribution in [3.8, 4) is 5.75 Å². The average Bonchev–Trinajstić information content (AvgIpc) is 2.33. The summed E-state index contributed by atoms with van der Waals surface area (Å²) in [5.41, 5.74) is 8.63. The summed E-state index contributed by atoms with van der Waals surface area (Å²) in [4.78, 5) is 11.4. The van der Waals surface area contributed by atoms with Gasteiger partial charge in [0.1, 0.15) is 5.75 Å². The van der Waals surface area contributed by atoms with Gasteiger partial charge in [0.2, 0.25) is 5.91 Å². The summed E-state index contributed by atoms with van der Waals surface area (Å²) in [6.45, 7) is 0.710. The van der Waals surface area contributed by atoms with Crippen molar-refractivity contribution in [2.75, 3.05) is 17.7 Å². The zero-order valence-electron chi connectivity index (χ0n) is 11.1. The number of carbonyl (C=O) groups excluding carboxylic acids is 1. The highest BCUT2D eigenvalue weighted by Gasteiger charge is 2.19. The number of benzene rings is 1. The van der Waals surface area contributed by atoms with Gasteiger partial charge in [-0.25, -0.2) is 0 Å². The van der Waals surface area contributed by atoms with Crippen LogP contribution < -0.4 is 15.8 Å². The van der Waals surface area contributed by atoms with Crippen LogP contribution in [0.4, 0.5) is 11.4 Å². The van der Waals surface area contributed by atoms with Crippen LogP contribution in [-0.2, 0) is 11.2 Å². The number of amides is 1. The number of carbonyl (C=O) groups is 1. The molecule has 1 aromatic rings. The van der Waals surface area contributed by atoms with Crippen molar-refractivity contribution in [1.82, 2.24) is 0 Å². The maximum atomic E-state index is 11.4. The van der Waals surface area contributed by atoms with Crippen LogP contribution in [0.3, 0.4) is 0 Å². The first-order chi connectivity index (χ1) is 9.22. The second-order valence-electron chi connectivity index (χ2n) is 5.53. The Kier molecular flexibility index (Phi) is 3.32. The summed E-state index contributed by atoms with van der Waals surface area (Å²) in [5, 5.41) is 2.87. The molecule has 0 bridgehead atoms. The lowest BCUT2D eigenvalue weighted by Gasteiger charge is -2.25. The largest absolute Gasteiger partial charge is 0.491 e. The lowest BCUT2D eigenvalue weighted by molar-refractivity contribution is -0.116. The first-order valence-electron chi connectivity index (χ1n) is 7.07. The molecule has 0 aromatic heterocycles. The average molecular weight is 260 g/mol. The molecule has 1 heterocycles. The highest BCUT2D eigenvalue weighted by molar-refractivity contribution is 5.94. The van der Waals surface area contributed by atoms with Crippen molar-refractivity contribution < 1.29 is 9.53 Å². The maximum Gasteiger partial charge on any atom is 0.224 e. The SMILES string of the molecule is Nc1cc2c(cc1OCCC1CCC1)NC(=O)CC2. The first kappa shape index (κ1) is 12.3. The number of nitrogens with two attached hydrogens (primary N) is 1. The Morgan fingerprint density at radius 3 is 2.89 bits per heavy atom. The van der Waals surface area contributed by atoms with E-state index in [1.165, 1.54) is 19.3 Å². The van der Waals surface area contributed by atoms with Gasteiger partial charge in [0, 0.05) is 18.2 Å². The van der Waals surface area contributed by atoms with E-state index in [-0.39, 0.29) is 5.91 Å². The van der Waals surface area contributed by atoms with Gasteiger partial charge in [-0.3, -0.25) is 4.79 Å². The van der Waals surface area contributed by atoms with Crippen molar-refractivity contribution in [3.05, 3.63) is 17.7 Å². The van der Waals surface area contributed by atoms with E-state index in [1.807, 2.05) is 12.1 Å². The topological polar surface area (TPSA) is 64.3 Å². The number of nitrogens with one attached hydrogen (secondary N) is 1. The Hall–Kier alpha value is -1.71. The third kappa shape index (κ3) is 2.67. The van der Waals surface area contributed by atoms with Crippen LogP contribution in [0.25, 0.3) is 0 Å². The molecule has 3 rings (SSSR count). The predicted octanol–water partition coefficient (Wildman–Crippen LogP) is 2.72. The molecule has 1 amide bonds. The van der Waals surface area contributed by atoms with Crippen molar-refractivity contribution in [2.24, 2.45) is 5.92 Å². The monoisotopic (exact) mass is 260 g/mol. The molecular formula is C15H20N2O2. The van der Waals surface area contributed by atoms with E-state index >= 15 is 0 Å². The van der Waals surface area contributed by atoms with Gasteiger partial charge < -0.3 is 15.8 Å². The third-order valence-electron chi connectivity index (χ3n) is 4.14. The summed E-state index contributed by atoms with van der Waals surface area (Å²) in [6, 6.07) is 3.79. The molecule has 1 aliphatic heterocycles. The summed E-state index contributed by atoms with van der Waals surface area (Å²) in [7, 11) is 0. The maximum absolute atomic E-state index is 11.4. The number of fused-ring (bicyclic) bond motifs is 1. The summed E-state index contributed by atoms with van der Waals surface area (Å²) in [5.74, 6) is 1.59. The fourth-order valence-electron chi connectivity index (χ4n) is 2.67. The molecule has 1 aromatic carbocycles. The molecule has 0 unspecified atom stereocenters. The van der Waals surface area contributed by atoms with Gasteiger partial charge in [-0.05, 0) is 30.4 Å². The van der Waals surface area contributed by atoms with Gasteiger partial charge in [0.05, 0.1) is 12.3 Å². The number of hydrogen-bond donors (Lipinski definition) is 2. The van der Waals surface area contributed by atoms with Crippen LogP contribution in [0.2, 0.25) is 0 Å². The van der Waals surface area contributed by atoms with E-state index in [2.05, 4.69) is 5.32 Å². The van der Waals surface area contributed by atoms with Crippen LogP contribution in [-0.4, -0.2) is 12.5 Å². The number of nitrogen functional groups attached to an aromatic ring is 1. The lowest BCUT2D eigenvalue weighted by atomic mass is 9.83. The minimum absolute atomic E-state index is 0.0673. The fraction of sp³-hybridized carbons (Fsp3) is 0.533. The summed E-state index contributed by atoms with van der Waals surface area (Å²) >= 11 is 0. The molecule has 3 N–H and O–H groups in total. The van der Waals surface area contributed by atoms with Gasteiger partial charge in [-0.15, -0.1) is 0 Å². The standard InChI is InChI=1S/C15H20N2O2/c16-12-8-11-4-5-15(18)17-13(11)9-14(12)19-7-6-10-2-1-3-10/h8-10H,1-7,16H2,(H,17,18). The van der Waals surface area contributed by atoms with Crippen LogP contribution in [0.5, 0.6) is 5.75 Å². The highest BCUT2D eigenvalue weighted by atomic mass is 16.5. The molecule has 0 atom stereocenters. The number of aryl methyl sites for hydroxylation is 1. The van der Waals surface area contributed by atoms with E-state index in [1.54, 1.807) is 0 Å². The van der Waals surface area contributed by atoms with E-state index in [4.69, 9.17) is 10.5 Å². The van der Waals surface area contributed by atoms with E-state index in [9.17, 15) is 4.79 Å². The van der Waals surface area contributed by atoms with E-state index < -0.39 is 0 Å². The third-order valence-corrected chi connectivity index (χ3v) is 4.14. The van der Waals surface area contributed by atoms with Crippen LogP contribution in [0.15, 0.2) is 12.1 Å². The molecule has 2 aliphatic rings. The van der Waals surface area contributed by atoms with Crippen LogP contribution >= 0.6 is 0 Å². The molecule has 19 heavy (non-hydrogen) atoms. The summed E-state index contributed by atoms with van der Waals surface area (Å²) in [6.07, 6.45) is 6.42. The number of rotatable bonds is 4. The predicted molar refractivity (Wildman–Crippen MR) is 75.3 cm³/mol. The van der Waals surface area contributed by atoms with E-state index in [0.717, 1.165) is 30.0 Å².